The van der Waals surface area contributed by atoms with E-state index in [1.165, 1.54) is 44.3 Å². The summed E-state index contributed by atoms with van der Waals surface area (Å²) < 4.78 is 0. The highest BCUT2D eigenvalue weighted by Gasteiger charge is 2.45. The molecule has 2 N–H and O–H groups in total. The van der Waals surface area contributed by atoms with E-state index in [1.807, 2.05) is 11.0 Å². The van der Waals surface area contributed by atoms with Crippen LogP contribution in [0.3, 0.4) is 0 Å². The van der Waals surface area contributed by atoms with Crippen LogP contribution in [0.5, 0.6) is 0 Å². The van der Waals surface area contributed by atoms with E-state index in [-0.39, 0.29) is 11.4 Å². The summed E-state index contributed by atoms with van der Waals surface area (Å²) in [6.07, 6.45) is 8.42. The summed E-state index contributed by atoms with van der Waals surface area (Å²) in [5.74, 6) is -0.0773. The maximum Gasteiger partial charge on any atom is 0.255 e. The third-order valence-corrected chi connectivity index (χ3v) is 7.12. The number of piperidine rings is 1. The second kappa shape index (κ2) is 8.52. The van der Waals surface area contributed by atoms with Crippen LogP contribution >= 0.6 is 0 Å². The Bertz CT molecular complexity index is 655. The fraction of sp³-hybridized carbons (Fsp3) is 0.696. The highest BCUT2D eigenvalue weighted by Crippen LogP contribution is 2.38. The molecule has 1 amide bonds. The average molecular weight is 386 g/mol. The third-order valence-electron chi connectivity index (χ3n) is 7.12. The lowest BCUT2D eigenvalue weighted by molar-refractivity contribution is -0.156. The lowest BCUT2D eigenvalue weighted by Gasteiger charge is -2.39. The Balaban J connectivity index is 1.26. The SMILES string of the molecule is O=C1N(CCCc2ccccc2)CCC[C@@]1(O)CNCC12CCCN1CCC2. The second-order valence-corrected chi connectivity index (χ2v) is 9.04. The van der Waals surface area contributed by atoms with E-state index in [1.54, 1.807) is 0 Å². The molecule has 0 unspecified atom stereocenters. The van der Waals surface area contributed by atoms with Gasteiger partial charge in [0.15, 0.2) is 5.60 Å². The fourth-order valence-electron chi connectivity index (χ4n) is 5.58. The lowest BCUT2D eigenvalue weighted by atomic mass is 9.90. The van der Waals surface area contributed by atoms with Gasteiger partial charge in [0.05, 0.1) is 0 Å². The van der Waals surface area contributed by atoms with Crippen molar-refractivity contribution in [2.24, 2.45) is 0 Å². The second-order valence-electron chi connectivity index (χ2n) is 9.04. The number of hydrogen-bond acceptors (Lipinski definition) is 4. The van der Waals surface area contributed by atoms with Crippen molar-refractivity contribution in [2.45, 2.75) is 62.5 Å². The van der Waals surface area contributed by atoms with Crippen molar-refractivity contribution in [1.82, 2.24) is 15.1 Å². The molecule has 154 valence electrons. The first kappa shape index (κ1) is 19.9. The number of fused-ring (bicyclic) bond motifs is 1. The maximum absolute atomic E-state index is 13.0. The van der Waals surface area contributed by atoms with E-state index in [4.69, 9.17) is 0 Å². The molecule has 3 saturated heterocycles. The van der Waals surface area contributed by atoms with Crippen LogP contribution in [0, 0.1) is 0 Å². The molecule has 0 spiro atoms. The molecule has 0 aromatic heterocycles. The van der Waals surface area contributed by atoms with Crippen LogP contribution in [0.2, 0.25) is 0 Å². The lowest BCUT2D eigenvalue weighted by Crippen LogP contribution is -2.59. The summed E-state index contributed by atoms with van der Waals surface area (Å²) in [5, 5.41) is 14.6. The van der Waals surface area contributed by atoms with E-state index in [0.717, 1.165) is 38.9 Å². The minimum Gasteiger partial charge on any atom is -0.379 e. The summed E-state index contributed by atoms with van der Waals surface area (Å²) in [5.41, 5.74) is 0.355. The normalized spacial score (nSPS) is 27.3. The van der Waals surface area contributed by atoms with Gasteiger partial charge in [0, 0.05) is 31.7 Å². The summed E-state index contributed by atoms with van der Waals surface area (Å²) in [6, 6.07) is 10.4. The summed E-state index contributed by atoms with van der Waals surface area (Å²) in [7, 11) is 0. The third kappa shape index (κ3) is 4.12. The molecule has 5 heteroatoms. The van der Waals surface area contributed by atoms with E-state index in [0.29, 0.717) is 13.0 Å². The smallest absolute Gasteiger partial charge is 0.255 e. The maximum atomic E-state index is 13.0. The van der Waals surface area contributed by atoms with Gasteiger partial charge in [-0.3, -0.25) is 9.69 Å². The van der Waals surface area contributed by atoms with Crippen LogP contribution in [0.1, 0.15) is 50.5 Å². The Morgan fingerprint density at radius 2 is 1.68 bits per heavy atom. The van der Waals surface area contributed by atoms with Gasteiger partial charge >= 0.3 is 0 Å². The number of aryl methyl sites for hydroxylation is 1. The molecule has 0 aliphatic carbocycles. The number of benzene rings is 1. The molecule has 28 heavy (non-hydrogen) atoms. The zero-order valence-corrected chi connectivity index (χ0v) is 17.0. The molecule has 0 bridgehead atoms. The van der Waals surface area contributed by atoms with Gasteiger partial charge in [-0.2, -0.15) is 0 Å². The first-order chi connectivity index (χ1) is 13.6. The molecule has 0 saturated carbocycles. The van der Waals surface area contributed by atoms with Gasteiger partial charge in [-0.05, 0) is 70.0 Å². The topological polar surface area (TPSA) is 55.8 Å². The van der Waals surface area contributed by atoms with Gasteiger partial charge in [0.25, 0.3) is 5.91 Å². The van der Waals surface area contributed by atoms with Crippen molar-refractivity contribution in [2.75, 3.05) is 39.3 Å². The largest absolute Gasteiger partial charge is 0.379 e. The van der Waals surface area contributed by atoms with Gasteiger partial charge < -0.3 is 15.3 Å². The molecule has 0 radical (unpaired) electrons. The molecule has 1 aromatic carbocycles. The number of carbonyl (C=O) groups is 1. The minimum absolute atomic E-state index is 0.0773. The number of amides is 1. The van der Waals surface area contributed by atoms with E-state index >= 15 is 0 Å². The van der Waals surface area contributed by atoms with E-state index < -0.39 is 5.60 Å². The molecule has 1 atom stereocenters. The molecule has 3 aliphatic heterocycles. The Morgan fingerprint density at radius 3 is 2.43 bits per heavy atom. The predicted molar refractivity (Wildman–Crippen MR) is 111 cm³/mol. The summed E-state index contributed by atoms with van der Waals surface area (Å²) >= 11 is 0. The fourth-order valence-corrected chi connectivity index (χ4v) is 5.58. The molecule has 3 fully saturated rings. The number of aliphatic hydroxyl groups is 1. The zero-order chi connectivity index (χ0) is 19.5. The van der Waals surface area contributed by atoms with Crippen LogP contribution in [0.25, 0.3) is 0 Å². The van der Waals surface area contributed by atoms with Crippen LogP contribution < -0.4 is 5.32 Å². The van der Waals surface area contributed by atoms with Gasteiger partial charge in [-0.15, -0.1) is 0 Å². The summed E-state index contributed by atoms with van der Waals surface area (Å²) in [6.45, 7) is 5.20. The van der Waals surface area contributed by atoms with Crippen molar-refractivity contribution >= 4 is 5.91 Å². The molecule has 3 heterocycles. The molecule has 1 aromatic rings. The van der Waals surface area contributed by atoms with Crippen molar-refractivity contribution < 1.29 is 9.90 Å². The van der Waals surface area contributed by atoms with E-state index in [2.05, 4.69) is 34.5 Å². The van der Waals surface area contributed by atoms with Crippen LogP contribution in [0.15, 0.2) is 30.3 Å². The summed E-state index contributed by atoms with van der Waals surface area (Å²) in [4.78, 5) is 17.5. The van der Waals surface area contributed by atoms with Crippen molar-refractivity contribution in [1.29, 1.82) is 0 Å². The van der Waals surface area contributed by atoms with Crippen molar-refractivity contribution in [3.05, 3.63) is 35.9 Å². The van der Waals surface area contributed by atoms with Gasteiger partial charge in [0.2, 0.25) is 0 Å². The first-order valence-electron chi connectivity index (χ1n) is 11.1. The number of nitrogens with one attached hydrogen (secondary N) is 1. The highest BCUT2D eigenvalue weighted by molar-refractivity contribution is 5.86. The number of rotatable bonds is 8. The van der Waals surface area contributed by atoms with Gasteiger partial charge in [-0.25, -0.2) is 0 Å². The number of nitrogens with zero attached hydrogens (tertiary/aromatic N) is 2. The Labute approximate surface area is 169 Å². The average Bonchev–Trinajstić information content (AvgIpc) is 3.26. The molecule has 3 aliphatic rings. The quantitative estimate of drug-likeness (QED) is 0.720. The van der Waals surface area contributed by atoms with Crippen LogP contribution in [-0.4, -0.2) is 71.2 Å². The Hall–Kier alpha value is -1.43. The molecular formula is C23H35N3O2. The standard InChI is InChI=1S/C23H35N3O2/c27-21-23(28,19-24-18-22-11-5-16-26(22)17-6-12-22)13-7-15-25(21)14-4-10-20-8-2-1-3-9-20/h1-3,8-9,24,28H,4-7,10-19H2/t23-/m1/s1. The first-order valence-corrected chi connectivity index (χ1v) is 11.1. The number of likely N-dealkylation sites (tertiary alicyclic amines) is 1. The number of hydrogen-bond donors (Lipinski definition) is 2. The van der Waals surface area contributed by atoms with Crippen molar-refractivity contribution in [3.8, 4) is 0 Å². The highest BCUT2D eigenvalue weighted by atomic mass is 16.3. The molecular weight excluding hydrogens is 350 g/mol. The Kier molecular flexibility index (Phi) is 6.04. The zero-order valence-electron chi connectivity index (χ0n) is 17.0. The molecule has 5 nitrogen and oxygen atoms in total. The van der Waals surface area contributed by atoms with Crippen LogP contribution in [0.4, 0.5) is 0 Å². The van der Waals surface area contributed by atoms with Gasteiger partial charge in [-0.1, -0.05) is 30.3 Å². The Morgan fingerprint density at radius 1 is 0.964 bits per heavy atom. The van der Waals surface area contributed by atoms with Crippen LogP contribution in [-0.2, 0) is 11.2 Å². The van der Waals surface area contributed by atoms with E-state index in [9.17, 15) is 9.90 Å². The predicted octanol–water partition coefficient (Wildman–Crippen LogP) is 2.19. The monoisotopic (exact) mass is 385 g/mol. The minimum atomic E-state index is -1.23. The molecule has 4 rings (SSSR count). The van der Waals surface area contributed by atoms with Crippen molar-refractivity contribution in [3.63, 3.8) is 0 Å². The number of carbonyl (C=O) groups excluding carboxylic acids is 1. The van der Waals surface area contributed by atoms with Gasteiger partial charge in [0.1, 0.15) is 0 Å².